The molecule has 0 atom stereocenters. The van der Waals surface area contributed by atoms with E-state index in [4.69, 9.17) is 16.1 Å². The molecule has 0 radical (unpaired) electrons. The first-order chi connectivity index (χ1) is 12.6. The van der Waals surface area contributed by atoms with E-state index in [9.17, 15) is 8.42 Å². The van der Waals surface area contributed by atoms with E-state index in [1.807, 2.05) is 34.6 Å². The van der Waals surface area contributed by atoms with Gasteiger partial charge in [-0.2, -0.15) is 4.98 Å². The van der Waals surface area contributed by atoms with Crippen LogP contribution in [-0.4, -0.2) is 18.6 Å². The summed E-state index contributed by atoms with van der Waals surface area (Å²) in [5.74, 6) is -0.0139. The molecule has 142 valence electrons. The van der Waals surface area contributed by atoms with Crippen molar-refractivity contribution >= 4 is 21.4 Å². The quantitative estimate of drug-likeness (QED) is 0.617. The van der Waals surface area contributed by atoms with Gasteiger partial charge in [-0.05, 0) is 74.6 Å². The average molecular weight is 405 g/mol. The third kappa shape index (κ3) is 3.51. The standard InChI is InChI=1S/C20H21ClN2O3S/c1-11-12(2)14(4)19(15(5)13(11)3)27(24,25)10-18-22-20(26-23-18)16-8-6-7-9-17(16)21/h6-9H,10H2,1-5H3. The van der Waals surface area contributed by atoms with Gasteiger partial charge in [-0.1, -0.05) is 28.9 Å². The van der Waals surface area contributed by atoms with Gasteiger partial charge < -0.3 is 4.52 Å². The van der Waals surface area contributed by atoms with Crippen LogP contribution in [0, 0.1) is 34.6 Å². The second-order valence-corrected chi connectivity index (χ2v) is 9.04. The Kier molecular flexibility index (Phi) is 5.14. The van der Waals surface area contributed by atoms with Crippen LogP contribution in [0.2, 0.25) is 5.02 Å². The molecule has 3 aromatic rings. The van der Waals surface area contributed by atoms with Crippen LogP contribution in [0.15, 0.2) is 33.7 Å². The van der Waals surface area contributed by atoms with Crippen LogP contribution in [-0.2, 0) is 15.6 Å². The lowest BCUT2D eigenvalue weighted by Crippen LogP contribution is -2.13. The van der Waals surface area contributed by atoms with Gasteiger partial charge in [-0.15, -0.1) is 0 Å². The van der Waals surface area contributed by atoms with Gasteiger partial charge in [-0.3, -0.25) is 0 Å². The third-order valence-corrected chi connectivity index (χ3v) is 7.34. The fraction of sp³-hybridized carbons (Fsp3) is 0.300. The first-order valence-corrected chi connectivity index (χ1v) is 10.5. The van der Waals surface area contributed by atoms with Crippen molar-refractivity contribution in [1.29, 1.82) is 0 Å². The van der Waals surface area contributed by atoms with E-state index in [-0.39, 0.29) is 17.5 Å². The molecular formula is C20H21ClN2O3S. The van der Waals surface area contributed by atoms with Gasteiger partial charge in [-0.25, -0.2) is 8.42 Å². The lowest BCUT2D eigenvalue weighted by atomic mass is 9.95. The third-order valence-electron chi connectivity index (χ3n) is 5.13. The zero-order chi connectivity index (χ0) is 19.9. The molecule has 0 fully saturated rings. The predicted molar refractivity (Wildman–Crippen MR) is 106 cm³/mol. The summed E-state index contributed by atoms with van der Waals surface area (Å²) in [5.41, 5.74) is 5.20. The minimum Gasteiger partial charge on any atom is -0.334 e. The monoisotopic (exact) mass is 404 g/mol. The summed E-state index contributed by atoms with van der Waals surface area (Å²) in [6.07, 6.45) is 0. The average Bonchev–Trinajstić information content (AvgIpc) is 3.06. The number of aromatic nitrogens is 2. The number of sulfone groups is 1. The van der Waals surface area contributed by atoms with Gasteiger partial charge in [0, 0.05) is 0 Å². The Morgan fingerprint density at radius 2 is 1.48 bits per heavy atom. The molecule has 0 saturated heterocycles. The Labute approximate surface area is 164 Å². The largest absolute Gasteiger partial charge is 0.334 e. The Morgan fingerprint density at radius 3 is 2.07 bits per heavy atom. The predicted octanol–water partition coefficient (Wildman–Crippen LogP) is 4.91. The van der Waals surface area contributed by atoms with Gasteiger partial charge in [0.15, 0.2) is 15.7 Å². The molecule has 0 N–H and O–H groups in total. The van der Waals surface area contributed by atoms with Gasteiger partial charge in [0.2, 0.25) is 0 Å². The summed E-state index contributed by atoms with van der Waals surface area (Å²) in [6.45, 7) is 9.58. The van der Waals surface area contributed by atoms with Crippen molar-refractivity contribution in [2.24, 2.45) is 0 Å². The molecular weight excluding hydrogens is 384 g/mol. The van der Waals surface area contributed by atoms with E-state index in [0.717, 1.165) is 27.8 Å². The molecule has 1 aromatic heterocycles. The SMILES string of the molecule is Cc1c(C)c(C)c(S(=O)(=O)Cc2noc(-c3ccccc3Cl)n2)c(C)c1C. The molecule has 0 saturated carbocycles. The van der Waals surface area contributed by atoms with E-state index < -0.39 is 9.84 Å². The van der Waals surface area contributed by atoms with Gasteiger partial charge in [0.1, 0.15) is 5.75 Å². The molecule has 3 rings (SSSR count). The lowest BCUT2D eigenvalue weighted by molar-refractivity contribution is 0.424. The summed E-state index contributed by atoms with van der Waals surface area (Å²) in [5, 5.41) is 4.31. The van der Waals surface area contributed by atoms with Crippen molar-refractivity contribution in [1.82, 2.24) is 10.1 Å². The summed E-state index contributed by atoms with van der Waals surface area (Å²) in [6, 6.07) is 7.05. The topological polar surface area (TPSA) is 73.1 Å². The minimum absolute atomic E-state index is 0.111. The summed E-state index contributed by atoms with van der Waals surface area (Å²) >= 11 is 6.14. The number of nitrogens with zero attached hydrogens (tertiary/aromatic N) is 2. The molecule has 0 aliphatic heterocycles. The molecule has 0 aliphatic carbocycles. The maximum Gasteiger partial charge on any atom is 0.259 e. The van der Waals surface area contributed by atoms with Gasteiger partial charge >= 0.3 is 0 Å². The van der Waals surface area contributed by atoms with Crippen LogP contribution in [0.5, 0.6) is 0 Å². The van der Waals surface area contributed by atoms with E-state index in [1.165, 1.54) is 0 Å². The maximum absolute atomic E-state index is 13.1. The summed E-state index contributed by atoms with van der Waals surface area (Å²) in [7, 11) is -3.63. The minimum atomic E-state index is -3.63. The highest BCUT2D eigenvalue weighted by Gasteiger charge is 2.26. The van der Waals surface area contributed by atoms with Gasteiger partial charge in [0.25, 0.3) is 5.89 Å². The van der Waals surface area contributed by atoms with Crippen LogP contribution in [0.1, 0.15) is 33.6 Å². The second-order valence-electron chi connectivity index (χ2n) is 6.71. The molecule has 2 aromatic carbocycles. The molecule has 0 amide bonds. The highest BCUT2D eigenvalue weighted by molar-refractivity contribution is 7.90. The molecule has 27 heavy (non-hydrogen) atoms. The fourth-order valence-corrected chi connectivity index (χ4v) is 5.29. The highest BCUT2D eigenvalue weighted by Crippen LogP contribution is 2.32. The number of benzene rings is 2. The van der Waals surface area contributed by atoms with Crippen molar-refractivity contribution in [3.05, 3.63) is 62.9 Å². The van der Waals surface area contributed by atoms with Crippen molar-refractivity contribution in [2.45, 2.75) is 45.3 Å². The van der Waals surface area contributed by atoms with Crippen molar-refractivity contribution in [2.75, 3.05) is 0 Å². The van der Waals surface area contributed by atoms with Crippen molar-refractivity contribution < 1.29 is 12.9 Å². The van der Waals surface area contributed by atoms with E-state index in [0.29, 0.717) is 15.5 Å². The van der Waals surface area contributed by atoms with Crippen molar-refractivity contribution in [3.63, 3.8) is 0 Å². The fourth-order valence-electron chi connectivity index (χ4n) is 3.23. The first kappa shape index (κ1) is 19.6. The highest BCUT2D eigenvalue weighted by atomic mass is 35.5. The molecule has 0 spiro atoms. The van der Waals surface area contributed by atoms with E-state index in [1.54, 1.807) is 24.3 Å². The Balaban J connectivity index is 2.01. The Bertz CT molecular complexity index is 1110. The van der Waals surface area contributed by atoms with Crippen LogP contribution in [0.3, 0.4) is 0 Å². The molecule has 7 heteroatoms. The van der Waals surface area contributed by atoms with Crippen LogP contribution >= 0.6 is 11.6 Å². The number of hydrogen-bond acceptors (Lipinski definition) is 5. The maximum atomic E-state index is 13.1. The van der Waals surface area contributed by atoms with Gasteiger partial charge in [0.05, 0.1) is 15.5 Å². The smallest absolute Gasteiger partial charge is 0.259 e. The number of rotatable bonds is 4. The normalized spacial score (nSPS) is 11.8. The Hall–Kier alpha value is -2.18. The summed E-state index contributed by atoms with van der Waals surface area (Å²) in [4.78, 5) is 4.59. The molecule has 1 heterocycles. The molecule has 0 aliphatic rings. The molecule has 0 unspecified atom stereocenters. The molecule has 5 nitrogen and oxygen atoms in total. The summed E-state index contributed by atoms with van der Waals surface area (Å²) < 4.78 is 31.5. The first-order valence-electron chi connectivity index (χ1n) is 8.50. The number of halogens is 1. The van der Waals surface area contributed by atoms with Crippen LogP contribution in [0.4, 0.5) is 0 Å². The van der Waals surface area contributed by atoms with E-state index >= 15 is 0 Å². The number of hydrogen-bond donors (Lipinski definition) is 0. The Morgan fingerprint density at radius 1 is 0.926 bits per heavy atom. The van der Waals surface area contributed by atoms with Crippen LogP contribution < -0.4 is 0 Å². The molecule has 0 bridgehead atoms. The van der Waals surface area contributed by atoms with Crippen LogP contribution in [0.25, 0.3) is 11.5 Å². The van der Waals surface area contributed by atoms with E-state index in [2.05, 4.69) is 10.1 Å². The van der Waals surface area contributed by atoms with Crippen molar-refractivity contribution in [3.8, 4) is 11.5 Å². The second kappa shape index (κ2) is 7.09. The lowest BCUT2D eigenvalue weighted by Gasteiger charge is -2.18. The zero-order valence-corrected chi connectivity index (χ0v) is 17.5. The zero-order valence-electron chi connectivity index (χ0n) is 15.9.